The Morgan fingerprint density at radius 2 is 1.95 bits per heavy atom. The SMILES string of the molecule is COc1ccc(S(=O)(=O)N2CCC(C)C(O)C2)cc1. The highest BCUT2D eigenvalue weighted by Gasteiger charge is 2.32. The minimum atomic E-state index is -3.53. The van der Waals surface area contributed by atoms with E-state index < -0.39 is 16.1 Å². The fourth-order valence-corrected chi connectivity index (χ4v) is 3.61. The quantitative estimate of drug-likeness (QED) is 0.902. The van der Waals surface area contributed by atoms with Gasteiger partial charge in [0.1, 0.15) is 5.75 Å². The number of β-amino-alcohol motifs (C(OH)–C–C–N with tert-alkyl or cyclic N) is 1. The molecule has 2 atom stereocenters. The standard InChI is InChI=1S/C13H19NO4S/c1-10-7-8-14(9-13(10)15)19(16,17)12-5-3-11(18-2)4-6-12/h3-6,10,13,15H,7-9H2,1-2H3. The third-order valence-corrected chi connectivity index (χ3v) is 5.46. The van der Waals surface area contributed by atoms with E-state index in [2.05, 4.69) is 0 Å². The molecule has 0 bridgehead atoms. The van der Waals surface area contributed by atoms with Crippen LogP contribution in [-0.4, -0.2) is 44.1 Å². The fourth-order valence-electron chi connectivity index (χ4n) is 2.13. The van der Waals surface area contributed by atoms with Crippen molar-refractivity contribution in [1.29, 1.82) is 0 Å². The first-order valence-electron chi connectivity index (χ1n) is 6.27. The average molecular weight is 285 g/mol. The van der Waals surface area contributed by atoms with Crippen LogP contribution < -0.4 is 4.74 Å². The van der Waals surface area contributed by atoms with Crippen molar-refractivity contribution in [2.24, 2.45) is 5.92 Å². The van der Waals surface area contributed by atoms with Gasteiger partial charge in [0.05, 0.1) is 18.1 Å². The number of sulfonamides is 1. The van der Waals surface area contributed by atoms with E-state index in [1.807, 2.05) is 6.92 Å². The zero-order valence-corrected chi connectivity index (χ0v) is 11.9. The summed E-state index contributed by atoms with van der Waals surface area (Å²) in [5, 5.41) is 9.81. The molecule has 0 spiro atoms. The predicted molar refractivity (Wildman–Crippen MR) is 71.5 cm³/mol. The van der Waals surface area contributed by atoms with Gasteiger partial charge < -0.3 is 9.84 Å². The lowest BCUT2D eigenvalue weighted by Crippen LogP contribution is -2.45. The van der Waals surface area contributed by atoms with Crippen LogP contribution in [-0.2, 0) is 10.0 Å². The van der Waals surface area contributed by atoms with Gasteiger partial charge in [0.25, 0.3) is 0 Å². The second kappa shape index (κ2) is 5.48. The third-order valence-electron chi connectivity index (χ3n) is 3.58. The average Bonchev–Trinajstić information content (AvgIpc) is 2.41. The van der Waals surface area contributed by atoms with Gasteiger partial charge in [-0.2, -0.15) is 4.31 Å². The van der Waals surface area contributed by atoms with Crippen LogP contribution in [0.15, 0.2) is 29.2 Å². The summed E-state index contributed by atoms with van der Waals surface area (Å²) in [5.74, 6) is 0.758. The van der Waals surface area contributed by atoms with E-state index in [0.29, 0.717) is 18.7 Å². The maximum absolute atomic E-state index is 12.4. The van der Waals surface area contributed by atoms with Gasteiger partial charge in [-0.15, -0.1) is 0 Å². The molecule has 0 amide bonds. The Bertz CT molecular complexity index is 526. The van der Waals surface area contributed by atoms with Crippen molar-refractivity contribution in [3.05, 3.63) is 24.3 Å². The Morgan fingerprint density at radius 1 is 1.32 bits per heavy atom. The highest BCUT2D eigenvalue weighted by Crippen LogP contribution is 2.24. The summed E-state index contributed by atoms with van der Waals surface area (Å²) in [6.07, 6.45) is 0.0816. The van der Waals surface area contributed by atoms with Gasteiger partial charge in [0.2, 0.25) is 10.0 Å². The first-order valence-corrected chi connectivity index (χ1v) is 7.71. The van der Waals surface area contributed by atoms with Gasteiger partial charge >= 0.3 is 0 Å². The molecule has 1 aromatic rings. The Hall–Kier alpha value is -1.11. The molecule has 19 heavy (non-hydrogen) atoms. The molecular formula is C13H19NO4S. The molecule has 2 unspecified atom stereocenters. The molecule has 5 nitrogen and oxygen atoms in total. The summed E-state index contributed by atoms with van der Waals surface area (Å²) < 4.78 is 31.2. The van der Waals surface area contributed by atoms with Crippen molar-refractivity contribution in [3.8, 4) is 5.75 Å². The maximum Gasteiger partial charge on any atom is 0.243 e. The number of nitrogens with zero attached hydrogens (tertiary/aromatic N) is 1. The van der Waals surface area contributed by atoms with Crippen LogP contribution in [0.5, 0.6) is 5.75 Å². The van der Waals surface area contributed by atoms with E-state index in [4.69, 9.17) is 4.74 Å². The normalized spacial score (nSPS) is 25.2. The summed E-state index contributed by atoms with van der Waals surface area (Å²) in [4.78, 5) is 0.232. The molecule has 1 aliphatic rings. The fraction of sp³-hybridized carbons (Fsp3) is 0.538. The highest BCUT2D eigenvalue weighted by atomic mass is 32.2. The number of piperidine rings is 1. The molecule has 0 aromatic heterocycles. The number of aliphatic hydroxyl groups is 1. The van der Waals surface area contributed by atoms with Gasteiger partial charge in [-0.3, -0.25) is 0 Å². The molecule has 6 heteroatoms. The second-order valence-corrected chi connectivity index (χ2v) is 6.81. The Kier molecular flexibility index (Phi) is 4.13. The molecule has 0 aliphatic carbocycles. The summed E-state index contributed by atoms with van der Waals surface area (Å²) in [5.41, 5.74) is 0. The van der Waals surface area contributed by atoms with Crippen LogP contribution >= 0.6 is 0 Å². The molecule has 1 heterocycles. The van der Waals surface area contributed by atoms with Gasteiger partial charge in [-0.25, -0.2) is 8.42 Å². The number of hydrogen-bond acceptors (Lipinski definition) is 4. The first kappa shape index (κ1) is 14.3. The lowest BCUT2D eigenvalue weighted by atomic mass is 9.98. The molecule has 0 radical (unpaired) electrons. The number of ether oxygens (including phenoxy) is 1. The number of hydrogen-bond donors (Lipinski definition) is 1. The molecule has 1 aliphatic heterocycles. The smallest absolute Gasteiger partial charge is 0.243 e. The van der Waals surface area contributed by atoms with Crippen molar-refractivity contribution in [2.75, 3.05) is 20.2 Å². The van der Waals surface area contributed by atoms with Gasteiger partial charge in [0, 0.05) is 13.1 Å². The zero-order chi connectivity index (χ0) is 14.0. The van der Waals surface area contributed by atoms with Crippen molar-refractivity contribution in [3.63, 3.8) is 0 Å². The van der Waals surface area contributed by atoms with Crippen molar-refractivity contribution in [1.82, 2.24) is 4.31 Å². The van der Waals surface area contributed by atoms with E-state index in [1.54, 1.807) is 12.1 Å². The Balaban J connectivity index is 2.21. The van der Waals surface area contributed by atoms with Crippen molar-refractivity contribution in [2.45, 2.75) is 24.3 Å². The molecule has 106 valence electrons. The molecule has 1 fully saturated rings. The van der Waals surface area contributed by atoms with Crippen LogP contribution in [0.1, 0.15) is 13.3 Å². The summed E-state index contributed by atoms with van der Waals surface area (Å²) >= 11 is 0. The van der Waals surface area contributed by atoms with Crippen LogP contribution in [0.3, 0.4) is 0 Å². The van der Waals surface area contributed by atoms with E-state index in [1.165, 1.54) is 23.5 Å². The minimum absolute atomic E-state index is 0.141. The van der Waals surface area contributed by atoms with E-state index in [-0.39, 0.29) is 17.4 Å². The van der Waals surface area contributed by atoms with Crippen molar-refractivity contribution < 1.29 is 18.3 Å². The monoisotopic (exact) mass is 285 g/mol. The summed E-state index contributed by atoms with van der Waals surface area (Å²) in [6.45, 7) is 2.55. The molecule has 0 saturated carbocycles. The van der Waals surface area contributed by atoms with Gasteiger partial charge in [-0.05, 0) is 36.6 Å². The van der Waals surface area contributed by atoms with E-state index in [9.17, 15) is 13.5 Å². The van der Waals surface area contributed by atoms with Crippen LogP contribution in [0, 0.1) is 5.92 Å². The molecule has 1 N–H and O–H groups in total. The number of rotatable bonds is 3. The molecular weight excluding hydrogens is 266 g/mol. The van der Waals surface area contributed by atoms with Crippen LogP contribution in [0.2, 0.25) is 0 Å². The molecule has 2 rings (SSSR count). The first-order chi connectivity index (χ1) is 8.95. The predicted octanol–water partition coefficient (Wildman–Crippen LogP) is 1.09. The van der Waals surface area contributed by atoms with Gasteiger partial charge in [-0.1, -0.05) is 6.92 Å². The zero-order valence-electron chi connectivity index (χ0n) is 11.1. The minimum Gasteiger partial charge on any atom is -0.497 e. The van der Waals surface area contributed by atoms with Crippen LogP contribution in [0.25, 0.3) is 0 Å². The highest BCUT2D eigenvalue weighted by molar-refractivity contribution is 7.89. The molecule has 1 aromatic carbocycles. The van der Waals surface area contributed by atoms with Crippen LogP contribution in [0.4, 0.5) is 0 Å². The lowest BCUT2D eigenvalue weighted by molar-refractivity contribution is 0.0605. The molecule has 1 saturated heterocycles. The summed E-state index contributed by atoms with van der Waals surface area (Å²) in [6, 6.07) is 6.29. The summed E-state index contributed by atoms with van der Waals surface area (Å²) in [7, 11) is -1.99. The van der Waals surface area contributed by atoms with E-state index >= 15 is 0 Å². The largest absolute Gasteiger partial charge is 0.497 e. The Morgan fingerprint density at radius 3 is 2.47 bits per heavy atom. The topological polar surface area (TPSA) is 66.8 Å². The number of benzene rings is 1. The van der Waals surface area contributed by atoms with Gasteiger partial charge in [0.15, 0.2) is 0 Å². The Labute approximate surface area is 113 Å². The second-order valence-electron chi connectivity index (χ2n) is 4.87. The lowest BCUT2D eigenvalue weighted by Gasteiger charge is -2.33. The number of methoxy groups -OCH3 is 1. The van der Waals surface area contributed by atoms with E-state index in [0.717, 1.165) is 0 Å². The van der Waals surface area contributed by atoms with Crippen molar-refractivity contribution >= 4 is 10.0 Å². The number of aliphatic hydroxyl groups excluding tert-OH is 1. The third kappa shape index (κ3) is 2.91. The maximum atomic E-state index is 12.4.